The average Bonchev–Trinajstić information content (AvgIpc) is 1.88. The van der Waals surface area contributed by atoms with Crippen molar-refractivity contribution in [2.24, 2.45) is 5.73 Å². The normalized spacial score (nSPS) is 16.9. The highest BCUT2D eigenvalue weighted by molar-refractivity contribution is 4.66. The van der Waals surface area contributed by atoms with Crippen molar-refractivity contribution >= 4 is 0 Å². The fraction of sp³-hybridized carbons (Fsp3) is 1.00. The van der Waals surface area contributed by atoms with Crippen LogP contribution in [0.2, 0.25) is 0 Å². The van der Waals surface area contributed by atoms with Crippen LogP contribution < -0.4 is 5.73 Å². The van der Waals surface area contributed by atoms with Crippen molar-refractivity contribution in [1.29, 1.82) is 0 Å². The van der Waals surface area contributed by atoms with Gasteiger partial charge in [0.25, 0.3) is 0 Å². The molecule has 0 amide bonds. The number of nitrogens with two attached hydrogens (primary N) is 1. The van der Waals surface area contributed by atoms with Gasteiger partial charge in [0.15, 0.2) is 5.85 Å². The molecule has 3 N–H and O–H groups in total. The minimum absolute atomic E-state index is 0.647. The summed E-state index contributed by atoms with van der Waals surface area (Å²) >= 11 is 0. The Bertz CT molecular complexity index is 102. The highest BCUT2D eigenvalue weighted by Crippen LogP contribution is 2.10. The van der Waals surface area contributed by atoms with Gasteiger partial charge in [-0.25, -0.2) is 0 Å². The van der Waals surface area contributed by atoms with E-state index in [-0.39, 0.29) is 0 Å². The van der Waals surface area contributed by atoms with Crippen LogP contribution in [0.5, 0.6) is 0 Å². The standard InChI is InChI=1S/C8H20N2O/c1-4-5-6-7-8(9,11)10(2)3/h11H,4-7,9H2,1-3H3. The zero-order chi connectivity index (χ0) is 8.91. The maximum Gasteiger partial charge on any atom is 0.171 e. The first-order valence-electron chi connectivity index (χ1n) is 4.19. The second-order valence-corrected chi connectivity index (χ2v) is 3.23. The molecule has 0 spiro atoms. The molecular weight excluding hydrogens is 140 g/mol. The van der Waals surface area contributed by atoms with Gasteiger partial charge >= 0.3 is 0 Å². The number of nitrogens with zero attached hydrogens (tertiary/aromatic N) is 1. The molecule has 3 nitrogen and oxygen atoms in total. The third-order valence-electron chi connectivity index (χ3n) is 1.92. The molecule has 0 radical (unpaired) electrons. The van der Waals surface area contributed by atoms with Crippen LogP contribution in [0.1, 0.15) is 32.6 Å². The number of unbranched alkanes of at least 4 members (excludes halogenated alkanes) is 2. The van der Waals surface area contributed by atoms with E-state index < -0.39 is 5.85 Å². The molecule has 1 atom stereocenters. The lowest BCUT2D eigenvalue weighted by Gasteiger charge is -2.30. The van der Waals surface area contributed by atoms with Crippen molar-refractivity contribution in [3.63, 3.8) is 0 Å². The summed E-state index contributed by atoms with van der Waals surface area (Å²) in [7, 11) is 3.57. The predicted molar refractivity (Wildman–Crippen MR) is 47.0 cm³/mol. The molecular formula is C8H20N2O. The Labute approximate surface area is 69.2 Å². The molecule has 3 heteroatoms. The predicted octanol–water partition coefficient (Wildman–Crippen LogP) is 0.733. The second kappa shape index (κ2) is 4.70. The highest BCUT2D eigenvalue weighted by atomic mass is 16.3. The Morgan fingerprint density at radius 1 is 1.36 bits per heavy atom. The zero-order valence-electron chi connectivity index (χ0n) is 7.80. The van der Waals surface area contributed by atoms with Crippen LogP contribution in [-0.4, -0.2) is 30.0 Å². The molecule has 0 saturated heterocycles. The van der Waals surface area contributed by atoms with Gasteiger partial charge in [0, 0.05) is 6.42 Å². The molecule has 0 aliphatic heterocycles. The van der Waals surface area contributed by atoms with E-state index in [0.717, 1.165) is 19.3 Å². The van der Waals surface area contributed by atoms with Gasteiger partial charge in [-0.2, -0.15) is 0 Å². The van der Waals surface area contributed by atoms with Gasteiger partial charge in [-0.1, -0.05) is 19.8 Å². The topological polar surface area (TPSA) is 49.5 Å². The molecule has 0 aliphatic carbocycles. The lowest BCUT2D eigenvalue weighted by molar-refractivity contribution is -0.0846. The monoisotopic (exact) mass is 160 g/mol. The van der Waals surface area contributed by atoms with Crippen molar-refractivity contribution in [2.75, 3.05) is 14.1 Å². The Hall–Kier alpha value is -0.120. The van der Waals surface area contributed by atoms with E-state index in [1.165, 1.54) is 0 Å². The summed E-state index contributed by atoms with van der Waals surface area (Å²) < 4.78 is 0. The van der Waals surface area contributed by atoms with Crippen molar-refractivity contribution < 1.29 is 5.11 Å². The molecule has 0 aliphatic rings. The third kappa shape index (κ3) is 4.35. The van der Waals surface area contributed by atoms with Gasteiger partial charge < -0.3 is 5.11 Å². The molecule has 11 heavy (non-hydrogen) atoms. The summed E-state index contributed by atoms with van der Waals surface area (Å²) in [5, 5.41) is 9.52. The van der Waals surface area contributed by atoms with Crippen molar-refractivity contribution in [2.45, 2.75) is 38.5 Å². The maximum absolute atomic E-state index is 9.52. The van der Waals surface area contributed by atoms with E-state index in [1.54, 1.807) is 19.0 Å². The fourth-order valence-corrected chi connectivity index (χ4v) is 0.859. The molecule has 0 aromatic rings. The quantitative estimate of drug-likeness (QED) is 0.460. The largest absolute Gasteiger partial charge is 0.363 e. The Kier molecular flexibility index (Phi) is 4.65. The first-order valence-corrected chi connectivity index (χ1v) is 4.19. The Balaban J connectivity index is 3.55. The molecule has 0 saturated carbocycles. The van der Waals surface area contributed by atoms with E-state index in [4.69, 9.17) is 5.73 Å². The van der Waals surface area contributed by atoms with Crippen molar-refractivity contribution in [3.05, 3.63) is 0 Å². The van der Waals surface area contributed by atoms with Gasteiger partial charge in [-0.3, -0.25) is 10.6 Å². The van der Waals surface area contributed by atoms with Crippen LogP contribution in [0.3, 0.4) is 0 Å². The van der Waals surface area contributed by atoms with Crippen LogP contribution in [0.4, 0.5) is 0 Å². The minimum Gasteiger partial charge on any atom is -0.363 e. The van der Waals surface area contributed by atoms with E-state index in [9.17, 15) is 5.11 Å². The van der Waals surface area contributed by atoms with Gasteiger partial charge in [-0.05, 0) is 20.5 Å². The molecule has 0 aromatic carbocycles. The first-order chi connectivity index (χ1) is 5.00. The molecule has 0 bridgehead atoms. The van der Waals surface area contributed by atoms with Crippen LogP contribution in [0.25, 0.3) is 0 Å². The zero-order valence-corrected chi connectivity index (χ0v) is 7.80. The van der Waals surface area contributed by atoms with Gasteiger partial charge in [0.1, 0.15) is 0 Å². The number of rotatable bonds is 5. The van der Waals surface area contributed by atoms with Crippen LogP contribution in [0.15, 0.2) is 0 Å². The molecule has 0 heterocycles. The molecule has 0 fully saturated rings. The summed E-state index contributed by atoms with van der Waals surface area (Å²) in [6.07, 6.45) is 3.92. The highest BCUT2D eigenvalue weighted by Gasteiger charge is 2.22. The molecule has 0 aromatic heterocycles. The van der Waals surface area contributed by atoms with Gasteiger partial charge in [-0.15, -0.1) is 0 Å². The van der Waals surface area contributed by atoms with Crippen molar-refractivity contribution in [3.8, 4) is 0 Å². The summed E-state index contributed by atoms with van der Waals surface area (Å²) in [5.74, 6) is -1.12. The number of hydrogen-bond donors (Lipinski definition) is 2. The number of hydrogen-bond acceptors (Lipinski definition) is 3. The summed E-state index contributed by atoms with van der Waals surface area (Å²) in [4.78, 5) is 1.64. The molecule has 0 rings (SSSR count). The van der Waals surface area contributed by atoms with Gasteiger partial charge in [0.2, 0.25) is 0 Å². The molecule has 68 valence electrons. The van der Waals surface area contributed by atoms with E-state index >= 15 is 0 Å². The average molecular weight is 160 g/mol. The second-order valence-electron chi connectivity index (χ2n) is 3.23. The van der Waals surface area contributed by atoms with Crippen LogP contribution in [-0.2, 0) is 0 Å². The summed E-state index contributed by atoms with van der Waals surface area (Å²) in [6, 6.07) is 0. The first kappa shape index (κ1) is 10.9. The minimum atomic E-state index is -1.12. The van der Waals surface area contributed by atoms with E-state index in [2.05, 4.69) is 6.92 Å². The fourth-order valence-electron chi connectivity index (χ4n) is 0.859. The van der Waals surface area contributed by atoms with E-state index in [0.29, 0.717) is 6.42 Å². The smallest absolute Gasteiger partial charge is 0.171 e. The third-order valence-corrected chi connectivity index (χ3v) is 1.92. The number of aliphatic hydroxyl groups is 1. The van der Waals surface area contributed by atoms with E-state index in [1.807, 2.05) is 0 Å². The van der Waals surface area contributed by atoms with Crippen LogP contribution in [0, 0.1) is 0 Å². The lowest BCUT2D eigenvalue weighted by Crippen LogP contribution is -2.52. The summed E-state index contributed by atoms with van der Waals surface area (Å²) in [6.45, 7) is 2.13. The summed E-state index contributed by atoms with van der Waals surface area (Å²) in [5.41, 5.74) is 5.58. The van der Waals surface area contributed by atoms with Crippen molar-refractivity contribution in [1.82, 2.24) is 4.90 Å². The SMILES string of the molecule is CCCCCC(N)(O)N(C)C. The van der Waals surface area contributed by atoms with Gasteiger partial charge in [0.05, 0.1) is 0 Å². The Morgan fingerprint density at radius 3 is 2.27 bits per heavy atom. The molecule has 1 unspecified atom stereocenters. The lowest BCUT2D eigenvalue weighted by atomic mass is 10.1. The maximum atomic E-state index is 9.52. The Morgan fingerprint density at radius 2 is 1.91 bits per heavy atom. The van der Waals surface area contributed by atoms with Crippen LogP contribution >= 0.6 is 0 Å².